The van der Waals surface area contributed by atoms with Gasteiger partial charge < -0.3 is 9.30 Å². The molecule has 2 atom stereocenters. The first-order valence-corrected chi connectivity index (χ1v) is 8.21. The maximum atomic E-state index is 6.16. The number of rotatable bonds is 2. The number of thioether (sulfide) groups is 1. The minimum atomic E-state index is 0.491. The predicted octanol–water partition coefficient (Wildman–Crippen LogP) is 3.40. The Balaban J connectivity index is 2.08. The summed E-state index contributed by atoms with van der Waals surface area (Å²) < 4.78 is 2.10. The van der Waals surface area contributed by atoms with Crippen LogP contribution in [-0.2, 0) is 5.88 Å². The van der Waals surface area contributed by atoms with Crippen molar-refractivity contribution in [1.82, 2.24) is 9.38 Å². The van der Waals surface area contributed by atoms with Gasteiger partial charge in [-0.1, -0.05) is 13.0 Å². The van der Waals surface area contributed by atoms with E-state index in [9.17, 15) is 0 Å². The molecule has 0 aliphatic carbocycles. The molecule has 3 nitrogen and oxygen atoms in total. The summed E-state index contributed by atoms with van der Waals surface area (Å²) in [5, 5.41) is 0.627. The minimum absolute atomic E-state index is 0.491. The number of nitrogens with zero attached hydrogens (tertiary/aromatic N) is 3. The Labute approximate surface area is 123 Å². The zero-order valence-electron chi connectivity index (χ0n) is 11.2. The van der Waals surface area contributed by atoms with Crippen molar-refractivity contribution in [3.8, 4) is 0 Å². The van der Waals surface area contributed by atoms with Gasteiger partial charge in [0.2, 0.25) is 0 Å². The average Bonchev–Trinajstić information content (AvgIpc) is 2.80. The number of hydrogen-bond acceptors (Lipinski definition) is 3. The van der Waals surface area contributed by atoms with E-state index in [0.29, 0.717) is 17.2 Å². The molecule has 19 heavy (non-hydrogen) atoms. The highest BCUT2D eigenvalue weighted by Gasteiger charge is 2.29. The lowest BCUT2D eigenvalue weighted by atomic mass is 10.2. The molecule has 1 aliphatic heterocycles. The Morgan fingerprint density at radius 2 is 2.26 bits per heavy atom. The SMILES string of the molecule is CC1SCCN(c2nc3ccccn3c2CCl)C1C. The number of halogens is 1. The summed E-state index contributed by atoms with van der Waals surface area (Å²) in [5.74, 6) is 2.70. The van der Waals surface area contributed by atoms with Gasteiger partial charge in [0, 0.05) is 29.8 Å². The number of hydrogen-bond donors (Lipinski definition) is 0. The van der Waals surface area contributed by atoms with Crippen LogP contribution in [0.4, 0.5) is 5.82 Å². The summed E-state index contributed by atoms with van der Waals surface area (Å²) in [6, 6.07) is 6.56. The first-order chi connectivity index (χ1) is 9.22. The van der Waals surface area contributed by atoms with Crippen molar-refractivity contribution in [3.05, 3.63) is 30.1 Å². The van der Waals surface area contributed by atoms with Crippen molar-refractivity contribution in [2.45, 2.75) is 31.0 Å². The van der Waals surface area contributed by atoms with Gasteiger partial charge >= 0.3 is 0 Å². The Morgan fingerprint density at radius 1 is 1.42 bits per heavy atom. The number of pyridine rings is 1. The third-order valence-electron chi connectivity index (χ3n) is 3.89. The number of fused-ring (bicyclic) bond motifs is 1. The molecule has 0 spiro atoms. The predicted molar refractivity (Wildman–Crippen MR) is 83.5 cm³/mol. The lowest BCUT2D eigenvalue weighted by Crippen LogP contribution is -2.45. The van der Waals surface area contributed by atoms with Crippen LogP contribution in [0.5, 0.6) is 0 Å². The molecule has 0 N–H and O–H groups in total. The Morgan fingerprint density at radius 3 is 3.05 bits per heavy atom. The van der Waals surface area contributed by atoms with E-state index in [2.05, 4.69) is 23.1 Å². The quantitative estimate of drug-likeness (QED) is 0.792. The van der Waals surface area contributed by atoms with Gasteiger partial charge in [-0.15, -0.1) is 11.6 Å². The van der Waals surface area contributed by atoms with Crippen LogP contribution < -0.4 is 4.90 Å². The molecule has 1 fully saturated rings. The molecule has 5 heteroatoms. The topological polar surface area (TPSA) is 20.5 Å². The lowest BCUT2D eigenvalue weighted by Gasteiger charge is -2.38. The molecule has 0 bridgehead atoms. The molecule has 102 valence electrons. The third kappa shape index (κ3) is 2.21. The summed E-state index contributed by atoms with van der Waals surface area (Å²) in [7, 11) is 0. The van der Waals surface area contributed by atoms with Gasteiger partial charge in [-0.25, -0.2) is 4.98 Å². The van der Waals surface area contributed by atoms with Gasteiger partial charge in [-0.2, -0.15) is 11.8 Å². The van der Waals surface area contributed by atoms with Crippen molar-refractivity contribution < 1.29 is 0 Å². The molecule has 3 heterocycles. The molecular formula is C14H18ClN3S. The number of imidazole rings is 1. The fraction of sp³-hybridized carbons (Fsp3) is 0.500. The second-order valence-electron chi connectivity index (χ2n) is 4.95. The summed E-state index contributed by atoms with van der Waals surface area (Å²) in [6.07, 6.45) is 2.04. The highest BCUT2D eigenvalue weighted by Crippen LogP contribution is 2.31. The molecule has 0 aromatic carbocycles. The second kappa shape index (κ2) is 5.25. The van der Waals surface area contributed by atoms with Gasteiger partial charge in [0.05, 0.1) is 11.6 Å². The van der Waals surface area contributed by atoms with Crippen LogP contribution >= 0.6 is 23.4 Å². The Hall–Kier alpha value is -0.870. The van der Waals surface area contributed by atoms with E-state index in [-0.39, 0.29) is 0 Å². The van der Waals surface area contributed by atoms with E-state index in [1.807, 2.05) is 36.2 Å². The van der Waals surface area contributed by atoms with Crippen LogP contribution in [0.25, 0.3) is 5.65 Å². The number of anilines is 1. The maximum absolute atomic E-state index is 6.16. The van der Waals surface area contributed by atoms with Crippen molar-refractivity contribution >= 4 is 34.8 Å². The summed E-state index contributed by atoms with van der Waals surface area (Å²) in [4.78, 5) is 7.20. The van der Waals surface area contributed by atoms with Crippen LogP contribution in [0.1, 0.15) is 19.5 Å². The molecule has 2 aromatic heterocycles. The van der Waals surface area contributed by atoms with Crippen LogP contribution in [0.15, 0.2) is 24.4 Å². The highest BCUT2D eigenvalue weighted by atomic mass is 35.5. The van der Waals surface area contributed by atoms with Gasteiger partial charge in [0.15, 0.2) is 5.82 Å². The molecule has 1 saturated heterocycles. The molecular weight excluding hydrogens is 278 g/mol. The highest BCUT2D eigenvalue weighted by molar-refractivity contribution is 8.00. The fourth-order valence-electron chi connectivity index (χ4n) is 2.62. The van der Waals surface area contributed by atoms with E-state index in [1.54, 1.807) is 0 Å². The number of alkyl halides is 1. The van der Waals surface area contributed by atoms with Crippen LogP contribution in [0.3, 0.4) is 0 Å². The van der Waals surface area contributed by atoms with E-state index in [1.165, 1.54) is 0 Å². The van der Waals surface area contributed by atoms with Crippen molar-refractivity contribution in [2.75, 3.05) is 17.2 Å². The zero-order valence-corrected chi connectivity index (χ0v) is 12.8. The van der Waals surface area contributed by atoms with Crippen molar-refractivity contribution in [1.29, 1.82) is 0 Å². The molecule has 0 saturated carbocycles. The van der Waals surface area contributed by atoms with E-state index in [4.69, 9.17) is 16.6 Å². The minimum Gasteiger partial charge on any atom is -0.350 e. The Kier molecular flexibility index (Phi) is 3.63. The van der Waals surface area contributed by atoms with Crippen molar-refractivity contribution in [3.63, 3.8) is 0 Å². The number of aromatic nitrogens is 2. The fourth-order valence-corrected chi connectivity index (χ4v) is 3.97. The summed E-state index contributed by atoms with van der Waals surface area (Å²) in [5.41, 5.74) is 2.08. The summed E-state index contributed by atoms with van der Waals surface area (Å²) >= 11 is 8.20. The van der Waals surface area contributed by atoms with Gasteiger partial charge in [0.25, 0.3) is 0 Å². The first-order valence-electron chi connectivity index (χ1n) is 6.62. The van der Waals surface area contributed by atoms with E-state index < -0.39 is 0 Å². The van der Waals surface area contributed by atoms with Gasteiger partial charge in [-0.05, 0) is 19.1 Å². The lowest BCUT2D eigenvalue weighted by molar-refractivity contribution is 0.620. The van der Waals surface area contributed by atoms with Gasteiger partial charge in [0.1, 0.15) is 5.65 Å². The molecule has 2 unspecified atom stereocenters. The smallest absolute Gasteiger partial charge is 0.152 e. The molecule has 0 radical (unpaired) electrons. The second-order valence-corrected chi connectivity index (χ2v) is 6.71. The van der Waals surface area contributed by atoms with Crippen LogP contribution in [0, 0.1) is 0 Å². The van der Waals surface area contributed by atoms with Crippen LogP contribution in [-0.4, -0.2) is 33.0 Å². The summed E-state index contributed by atoms with van der Waals surface area (Å²) in [6.45, 7) is 5.61. The molecule has 1 aliphatic rings. The average molecular weight is 296 g/mol. The normalized spacial score (nSPS) is 24.1. The molecule has 0 amide bonds. The maximum Gasteiger partial charge on any atom is 0.152 e. The van der Waals surface area contributed by atoms with Crippen LogP contribution in [0.2, 0.25) is 0 Å². The Bertz CT molecular complexity index is 583. The van der Waals surface area contributed by atoms with Crippen molar-refractivity contribution in [2.24, 2.45) is 0 Å². The zero-order chi connectivity index (χ0) is 13.4. The standard InChI is InChI=1S/C14H18ClN3S/c1-10-11(2)19-8-7-17(10)14-12(9-15)18-6-4-3-5-13(18)16-14/h3-6,10-11H,7-9H2,1-2H3. The van der Waals surface area contributed by atoms with E-state index >= 15 is 0 Å². The third-order valence-corrected chi connectivity index (χ3v) is 5.48. The largest absolute Gasteiger partial charge is 0.350 e. The monoisotopic (exact) mass is 295 g/mol. The van der Waals surface area contributed by atoms with E-state index in [0.717, 1.165) is 29.5 Å². The molecule has 2 aromatic rings. The molecule has 3 rings (SSSR count). The van der Waals surface area contributed by atoms with Gasteiger partial charge in [-0.3, -0.25) is 0 Å². The first kappa shape index (κ1) is 13.1.